The molecule has 3 heteroatoms. The van der Waals surface area contributed by atoms with Gasteiger partial charge in [0.25, 0.3) is 0 Å². The summed E-state index contributed by atoms with van der Waals surface area (Å²) >= 11 is 0. The maximum atomic E-state index is 10.8. The van der Waals surface area contributed by atoms with Gasteiger partial charge in [-0.3, -0.25) is 4.79 Å². The molecule has 1 aromatic rings. The topological polar surface area (TPSA) is 46.5 Å². The average Bonchev–Trinajstić information content (AvgIpc) is 2.36. The van der Waals surface area contributed by atoms with Gasteiger partial charge in [-0.1, -0.05) is 31.9 Å². The molecule has 0 spiro atoms. The number of aliphatic carboxylic acids is 1. The lowest BCUT2D eigenvalue weighted by molar-refractivity contribution is -0.137. The molecule has 0 saturated carbocycles. The molecule has 0 aliphatic rings. The van der Waals surface area contributed by atoms with Crippen molar-refractivity contribution in [3.63, 3.8) is 0 Å². The van der Waals surface area contributed by atoms with Gasteiger partial charge in [-0.25, -0.2) is 0 Å². The SMILES string of the molecule is CC#CC(CC(=O)O)c1ccc(OCC(C)C)cc1. The van der Waals surface area contributed by atoms with Crippen LogP contribution in [0, 0.1) is 17.8 Å². The summed E-state index contributed by atoms with van der Waals surface area (Å²) in [6.07, 6.45) is 0.0209. The highest BCUT2D eigenvalue weighted by molar-refractivity contribution is 5.69. The van der Waals surface area contributed by atoms with E-state index in [1.165, 1.54) is 0 Å². The molecule has 0 heterocycles. The van der Waals surface area contributed by atoms with Crippen molar-refractivity contribution in [3.05, 3.63) is 29.8 Å². The van der Waals surface area contributed by atoms with E-state index < -0.39 is 5.97 Å². The second-order valence-electron chi connectivity index (χ2n) is 4.82. The van der Waals surface area contributed by atoms with Gasteiger partial charge >= 0.3 is 5.97 Å². The van der Waals surface area contributed by atoms with Gasteiger partial charge in [-0.2, -0.15) is 0 Å². The lowest BCUT2D eigenvalue weighted by Gasteiger charge is -2.11. The Hall–Kier alpha value is -1.95. The van der Waals surface area contributed by atoms with Crippen LogP contribution in [-0.4, -0.2) is 17.7 Å². The second kappa shape index (κ2) is 7.48. The van der Waals surface area contributed by atoms with Crippen molar-refractivity contribution < 1.29 is 14.6 Å². The Morgan fingerprint density at radius 2 is 1.95 bits per heavy atom. The Labute approximate surface area is 114 Å². The van der Waals surface area contributed by atoms with E-state index in [1.54, 1.807) is 6.92 Å². The maximum Gasteiger partial charge on any atom is 0.304 e. The third kappa shape index (κ3) is 5.48. The minimum atomic E-state index is -0.840. The second-order valence-corrected chi connectivity index (χ2v) is 4.82. The molecule has 3 nitrogen and oxygen atoms in total. The van der Waals surface area contributed by atoms with Gasteiger partial charge in [-0.05, 0) is 30.5 Å². The number of carbonyl (C=O) groups is 1. The number of hydrogen-bond donors (Lipinski definition) is 1. The number of carboxylic acids is 1. The van der Waals surface area contributed by atoms with E-state index >= 15 is 0 Å². The van der Waals surface area contributed by atoms with Gasteiger partial charge in [0.1, 0.15) is 5.75 Å². The standard InChI is InChI=1S/C16H20O3/c1-4-5-14(10-16(17)18)13-6-8-15(9-7-13)19-11-12(2)3/h6-9,12,14H,10-11H2,1-3H3,(H,17,18). The van der Waals surface area contributed by atoms with E-state index in [4.69, 9.17) is 9.84 Å². The van der Waals surface area contributed by atoms with Crippen molar-refractivity contribution in [1.82, 2.24) is 0 Å². The molecule has 0 fully saturated rings. The number of benzene rings is 1. The Bertz CT molecular complexity index is 463. The van der Waals surface area contributed by atoms with Crippen molar-refractivity contribution in [3.8, 4) is 17.6 Å². The highest BCUT2D eigenvalue weighted by Gasteiger charge is 2.13. The van der Waals surface area contributed by atoms with Crippen molar-refractivity contribution in [2.45, 2.75) is 33.1 Å². The zero-order valence-electron chi connectivity index (χ0n) is 11.6. The molecular weight excluding hydrogens is 240 g/mol. The number of rotatable bonds is 6. The third-order valence-electron chi connectivity index (χ3n) is 2.56. The van der Waals surface area contributed by atoms with Gasteiger partial charge < -0.3 is 9.84 Å². The molecule has 1 unspecified atom stereocenters. The summed E-state index contributed by atoms with van der Waals surface area (Å²) < 4.78 is 5.59. The van der Waals surface area contributed by atoms with Crippen LogP contribution < -0.4 is 4.74 Å². The van der Waals surface area contributed by atoms with Crippen LogP contribution in [0.5, 0.6) is 5.75 Å². The van der Waals surface area contributed by atoms with Crippen molar-refractivity contribution in [2.24, 2.45) is 5.92 Å². The fourth-order valence-corrected chi connectivity index (χ4v) is 1.66. The Morgan fingerprint density at radius 3 is 2.42 bits per heavy atom. The monoisotopic (exact) mass is 260 g/mol. The predicted octanol–water partition coefficient (Wildman–Crippen LogP) is 3.30. The average molecular weight is 260 g/mol. The van der Waals surface area contributed by atoms with Crippen LogP contribution in [0.1, 0.15) is 38.7 Å². The molecular formula is C16H20O3. The van der Waals surface area contributed by atoms with Gasteiger partial charge in [0.15, 0.2) is 0 Å². The highest BCUT2D eigenvalue weighted by atomic mass is 16.5. The number of ether oxygens (including phenoxy) is 1. The Morgan fingerprint density at radius 1 is 1.32 bits per heavy atom. The van der Waals surface area contributed by atoms with E-state index in [9.17, 15) is 4.79 Å². The molecule has 102 valence electrons. The molecule has 0 bridgehead atoms. The quantitative estimate of drug-likeness (QED) is 0.798. The molecule has 1 aromatic carbocycles. The summed E-state index contributed by atoms with van der Waals surface area (Å²) in [5.41, 5.74) is 0.911. The van der Waals surface area contributed by atoms with Crippen molar-refractivity contribution in [2.75, 3.05) is 6.61 Å². The predicted molar refractivity (Wildman–Crippen MR) is 75.2 cm³/mol. The largest absolute Gasteiger partial charge is 0.493 e. The first-order valence-corrected chi connectivity index (χ1v) is 6.39. The Kier molecular flexibility index (Phi) is 5.95. The van der Waals surface area contributed by atoms with Crippen molar-refractivity contribution in [1.29, 1.82) is 0 Å². The third-order valence-corrected chi connectivity index (χ3v) is 2.56. The summed E-state index contributed by atoms with van der Waals surface area (Å²) in [5, 5.41) is 8.88. The summed E-state index contributed by atoms with van der Waals surface area (Å²) in [7, 11) is 0. The van der Waals surface area contributed by atoms with Crippen LogP contribution in [0.2, 0.25) is 0 Å². The van der Waals surface area contributed by atoms with Crippen LogP contribution in [0.15, 0.2) is 24.3 Å². The number of hydrogen-bond acceptors (Lipinski definition) is 2. The van der Waals surface area contributed by atoms with Crippen LogP contribution in [0.3, 0.4) is 0 Å². The van der Waals surface area contributed by atoms with Crippen LogP contribution in [0.25, 0.3) is 0 Å². The van der Waals surface area contributed by atoms with Gasteiger partial charge in [0.05, 0.1) is 18.9 Å². The summed E-state index contributed by atoms with van der Waals surface area (Å²) in [4.78, 5) is 10.8. The lowest BCUT2D eigenvalue weighted by atomic mass is 9.96. The van der Waals surface area contributed by atoms with Crippen molar-refractivity contribution >= 4 is 5.97 Å². The van der Waals surface area contributed by atoms with E-state index in [0.29, 0.717) is 12.5 Å². The first-order valence-electron chi connectivity index (χ1n) is 6.39. The zero-order chi connectivity index (χ0) is 14.3. The molecule has 1 rings (SSSR count). The van der Waals surface area contributed by atoms with E-state index in [0.717, 1.165) is 11.3 Å². The fraction of sp³-hybridized carbons (Fsp3) is 0.438. The lowest BCUT2D eigenvalue weighted by Crippen LogP contribution is -2.06. The van der Waals surface area contributed by atoms with Gasteiger partial charge in [-0.15, -0.1) is 5.92 Å². The minimum Gasteiger partial charge on any atom is -0.493 e. The molecule has 1 N–H and O–H groups in total. The summed E-state index contributed by atoms with van der Waals surface area (Å²) in [6.45, 7) is 6.57. The fourth-order valence-electron chi connectivity index (χ4n) is 1.66. The number of carboxylic acid groups (broad SMARTS) is 1. The molecule has 0 aromatic heterocycles. The first-order chi connectivity index (χ1) is 9.02. The highest BCUT2D eigenvalue weighted by Crippen LogP contribution is 2.22. The zero-order valence-corrected chi connectivity index (χ0v) is 11.6. The molecule has 0 aliphatic heterocycles. The molecule has 19 heavy (non-hydrogen) atoms. The van der Waals surface area contributed by atoms with E-state index in [1.807, 2.05) is 24.3 Å². The smallest absolute Gasteiger partial charge is 0.304 e. The van der Waals surface area contributed by atoms with Gasteiger partial charge in [0.2, 0.25) is 0 Å². The summed E-state index contributed by atoms with van der Waals surface area (Å²) in [6, 6.07) is 7.50. The summed E-state index contributed by atoms with van der Waals surface area (Å²) in [5.74, 6) is 5.89. The van der Waals surface area contributed by atoms with Gasteiger partial charge in [0, 0.05) is 0 Å². The van der Waals surface area contributed by atoms with Crippen LogP contribution in [-0.2, 0) is 4.79 Å². The molecule has 0 radical (unpaired) electrons. The molecule has 0 amide bonds. The Balaban J connectivity index is 2.76. The molecule has 0 saturated heterocycles. The van der Waals surface area contributed by atoms with Crippen LogP contribution in [0.4, 0.5) is 0 Å². The normalized spacial score (nSPS) is 11.6. The van der Waals surface area contributed by atoms with Crippen LogP contribution >= 0.6 is 0 Å². The molecule has 1 atom stereocenters. The van der Waals surface area contributed by atoms with E-state index in [-0.39, 0.29) is 12.3 Å². The molecule has 0 aliphatic carbocycles. The first kappa shape index (κ1) is 15.1. The minimum absolute atomic E-state index is 0.0209. The van der Waals surface area contributed by atoms with E-state index in [2.05, 4.69) is 25.7 Å². The maximum absolute atomic E-state index is 10.8.